The van der Waals surface area contributed by atoms with E-state index < -0.39 is 18.0 Å². The van der Waals surface area contributed by atoms with Gasteiger partial charge in [0.05, 0.1) is 12.0 Å². The van der Waals surface area contributed by atoms with E-state index in [0.29, 0.717) is 6.54 Å². The predicted molar refractivity (Wildman–Crippen MR) is 46.8 cm³/mol. The number of cyclic esters (lactones) is 1. The molecule has 2 rings (SSSR count). The van der Waals surface area contributed by atoms with Gasteiger partial charge in [0, 0.05) is 6.54 Å². The lowest BCUT2D eigenvalue weighted by atomic mass is 9.97. The summed E-state index contributed by atoms with van der Waals surface area (Å²) < 4.78 is 5.06. The van der Waals surface area contributed by atoms with Crippen LogP contribution in [0.1, 0.15) is 19.8 Å². The van der Waals surface area contributed by atoms with Gasteiger partial charge in [0.15, 0.2) is 0 Å². The van der Waals surface area contributed by atoms with Gasteiger partial charge < -0.3 is 14.7 Å². The SMILES string of the molecule is C[C@@H](C(=O)O)[C@H]1OC(=O)N2CCC[C@@H]12. The summed E-state index contributed by atoms with van der Waals surface area (Å²) in [5.41, 5.74) is 0. The number of aliphatic carboxylic acids is 1. The Morgan fingerprint density at radius 1 is 1.71 bits per heavy atom. The van der Waals surface area contributed by atoms with E-state index in [-0.39, 0.29) is 12.1 Å². The van der Waals surface area contributed by atoms with Crippen LogP contribution in [0.3, 0.4) is 0 Å². The zero-order valence-electron chi connectivity index (χ0n) is 7.97. The number of carboxylic acids is 1. The van der Waals surface area contributed by atoms with Crippen molar-refractivity contribution in [2.75, 3.05) is 6.54 Å². The molecule has 3 atom stereocenters. The molecule has 5 heteroatoms. The molecule has 2 aliphatic rings. The van der Waals surface area contributed by atoms with E-state index in [9.17, 15) is 9.59 Å². The molecule has 0 aromatic carbocycles. The number of carbonyl (C=O) groups excluding carboxylic acids is 1. The third-order valence-corrected chi connectivity index (χ3v) is 3.03. The second kappa shape index (κ2) is 3.15. The maximum absolute atomic E-state index is 11.3. The third-order valence-electron chi connectivity index (χ3n) is 3.03. The van der Waals surface area contributed by atoms with Crippen LogP contribution in [0.15, 0.2) is 0 Å². The summed E-state index contributed by atoms with van der Waals surface area (Å²) in [6.07, 6.45) is 0.976. The summed E-state index contributed by atoms with van der Waals surface area (Å²) >= 11 is 0. The van der Waals surface area contributed by atoms with Crippen molar-refractivity contribution in [3.63, 3.8) is 0 Å². The molecule has 0 aliphatic carbocycles. The summed E-state index contributed by atoms with van der Waals surface area (Å²) in [6, 6.07) is -0.0198. The molecule has 2 fully saturated rings. The highest BCUT2D eigenvalue weighted by Crippen LogP contribution is 2.32. The minimum Gasteiger partial charge on any atom is -0.481 e. The number of rotatable bonds is 2. The fraction of sp³-hybridized carbons (Fsp3) is 0.778. The van der Waals surface area contributed by atoms with Crippen LogP contribution in [0.2, 0.25) is 0 Å². The molecule has 78 valence electrons. The number of carboxylic acid groups (broad SMARTS) is 1. The fourth-order valence-electron chi connectivity index (χ4n) is 2.20. The highest BCUT2D eigenvalue weighted by molar-refractivity contribution is 5.75. The molecule has 0 aromatic heterocycles. The average molecular weight is 199 g/mol. The van der Waals surface area contributed by atoms with Gasteiger partial charge in [-0.2, -0.15) is 0 Å². The Bertz CT molecular complexity index is 278. The number of hydrogen-bond donors (Lipinski definition) is 1. The van der Waals surface area contributed by atoms with Crippen LogP contribution in [0, 0.1) is 5.92 Å². The fourth-order valence-corrected chi connectivity index (χ4v) is 2.20. The molecule has 0 bridgehead atoms. The Hall–Kier alpha value is -1.26. The van der Waals surface area contributed by atoms with Crippen LogP contribution < -0.4 is 0 Å². The molecule has 0 saturated carbocycles. The first-order valence-corrected chi connectivity index (χ1v) is 4.81. The largest absolute Gasteiger partial charge is 0.481 e. The van der Waals surface area contributed by atoms with Crippen LogP contribution >= 0.6 is 0 Å². The highest BCUT2D eigenvalue weighted by Gasteiger charge is 2.48. The average Bonchev–Trinajstić information content (AvgIpc) is 2.68. The maximum atomic E-state index is 11.3. The van der Waals surface area contributed by atoms with Crippen LogP contribution in [-0.2, 0) is 9.53 Å². The summed E-state index contributed by atoms with van der Waals surface area (Å²) in [5, 5.41) is 8.84. The zero-order chi connectivity index (χ0) is 10.3. The molecule has 1 amide bonds. The predicted octanol–water partition coefficient (Wildman–Crippen LogP) is 0.690. The second-order valence-corrected chi connectivity index (χ2v) is 3.88. The van der Waals surface area contributed by atoms with Crippen molar-refractivity contribution in [1.82, 2.24) is 4.90 Å². The van der Waals surface area contributed by atoms with Gasteiger partial charge >= 0.3 is 12.1 Å². The maximum Gasteiger partial charge on any atom is 0.410 e. The second-order valence-electron chi connectivity index (χ2n) is 3.88. The summed E-state index contributed by atoms with van der Waals surface area (Å²) in [7, 11) is 0. The standard InChI is InChI=1S/C9H13NO4/c1-5(8(11)12)7-6-3-2-4-10(6)9(13)14-7/h5-7H,2-4H2,1H3,(H,11,12)/t5-,6+,7-/m1/s1. The minimum absolute atomic E-state index is 0.0198. The lowest BCUT2D eigenvalue weighted by Crippen LogP contribution is -2.36. The van der Waals surface area contributed by atoms with Gasteiger partial charge in [-0.1, -0.05) is 0 Å². The molecular formula is C9H13NO4. The lowest BCUT2D eigenvalue weighted by Gasteiger charge is -2.19. The van der Waals surface area contributed by atoms with Gasteiger partial charge in [-0.15, -0.1) is 0 Å². The van der Waals surface area contributed by atoms with Gasteiger partial charge in [-0.05, 0) is 19.8 Å². The molecule has 2 heterocycles. The van der Waals surface area contributed by atoms with E-state index in [2.05, 4.69) is 0 Å². The Kier molecular flexibility index (Phi) is 2.09. The Labute approximate surface area is 81.6 Å². The van der Waals surface area contributed by atoms with Crippen LogP contribution in [0.4, 0.5) is 4.79 Å². The van der Waals surface area contributed by atoms with Gasteiger partial charge in [0.25, 0.3) is 0 Å². The van der Waals surface area contributed by atoms with Gasteiger partial charge in [0.1, 0.15) is 6.10 Å². The Balaban J connectivity index is 2.14. The van der Waals surface area contributed by atoms with E-state index >= 15 is 0 Å². The monoisotopic (exact) mass is 199 g/mol. The summed E-state index contributed by atoms with van der Waals surface area (Å²) in [5.74, 6) is -1.52. The third kappa shape index (κ3) is 1.23. The van der Waals surface area contributed by atoms with Crippen LogP contribution in [-0.4, -0.2) is 40.8 Å². The van der Waals surface area contributed by atoms with Crippen molar-refractivity contribution < 1.29 is 19.4 Å². The Morgan fingerprint density at radius 3 is 3.07 bits per heavy atom. The Morgan fingerprint density at radius 2 is 2.43 bits per heavy atom. The molecule has 0 unspecified atom stereocenters. The van der Waals surface area contributed by atoms with Gasteiger partial charge in [-0.25, -0.2) is 4.79 Å². The van der Waals surface area contributed by atoms with Crippen molar-refractivity contribution in [3.05, 3.63) is 0 Å². The number of nitrogens with zero attached hydrogens (tertiary/aromatic N) is 1. The number of fused-ring (bicyclic) bond motifs is 1. The molecule has 0 spiro atoms. The van der Waals surface area contributed by atoms with Crippen molar-refractivity contribution in [1.29, 1.82) is 0 Å². The molecule has 2 aliphatic heterocycles. The smallest absolute Gasteiger partial charge is 0.410 e. The molecule has 2 saturated heterocycles. The van der Waals surface area contributed by atoms with Crippen molar-refractivity contribution in [2.24, 2.45) is 5.92 Å². The van der Waals surface area contributed by atoms with Crippen molar-refractivity contribution in [3.8, 4) is 0 Å². The van der Waals surface area contributed by atoms with Gasteiger partial charge in [0.2, 0.25) is 0 Å². The topological polar surface area (TPSA) is 66.8 Å². The van der Waals surface area contributed by atoms with Crippen LogP contribution in [0.25, 0.3) is 0 Å². The van der Waals surface area contributed by atoms with E-state index in [1.165, 1.54) is 0 Å². The van der Waals surface area contributed by atoms with Crippen molar-refractivity contribution in [2.45, 2.75) is 31.9 Å². The lowest BCUT2D eigenvalue weighted by molar-refractivity contribution is -0.144. The first-order valence-electron chi connectivity index (χ1n) is 4.81. The summed E-state index contributed by atoms with van der Waals surface area (Å²) in [4.78, 5) is 23.7. The van der Waals surface area contributed by atoms with Crippen LogP contribution in [0.5, 0.6) is 0 Å². The van der Waals surface area contributed by atoms with Crippen molar-refractivity contribution >= 4 is 12.1 Å². The first-order chi connectivity index (χ1) is 6.61. The minimum atomic E-state index is -0.906. The molecule has 0 aromatic rings. The number of ether oxygens (including phenoxy) is 1. The van der Waals surface area contributed by atoms with E-state index in [0.717, 1.165) is 12.8 Å². The van der Waals surface area contributed by atoms with E-state index in [4.69, 9.17) is 9.84 Å². The quantitative estimate of drug-likeness (QED) is 0.710. The molecule has 5 nitrogen and oxygen atoms in total. The van der Waals surface area contributed by atoms with Gasteiger partial charge in [-0.3, -0.25) is 4.79 Å². The summed E-state index contributed by atoms with van der Waals surface area (Å²) in [6.45, 7) is 2.29. The number of hydrogen-bond acceptors (Lipinski definition) is 3. The van der Waals surface area contributed by atoms with E-state index in [1.54, 1.807) is 11.8 Å². The number of carbonyl (C=O) groups is 2. The number of amides is 1. The molecule has 0 radical (unpaired) electrons. The van der Waals surface area contributed by atoms with E-state index in [1.807, 2.05) is 0 Å². The normalized spacial score (nSPS) is 32.6. The molecule has 14 heavy (non-hydrogen) atoms. The first kappa shape index (κ1) is 9.30. The zero-order valence-corrected chi connectivity index (χ0v) is 7.97. The molecule has 1 N–H and O–H groups in total. The molecular weight excluding hydrogens is 186 g/mol. The highest BCUT2D eigenvalue weighted by atomic mass is 16.6.